The number of rotatable bonds is 8. The summed E-state index contributed by atoms with van der Waals surface area (Å²) in [7, 11) is 4.38. The van der Waals surface area contributed by atoms with E-state index in [0.29, 0.717) is 32.4 Å². The van der Waals surface area contributed by atoms with E-state index in [2.05, 4.69) is 20.3 Å². The van der Waals surface area contributed by atoms with Crippen LogP contribution >= 0.6 is 11.3 Å². The average Bonchev–Trinajstić information content (AvgIpc) is 3.38. The Morgan fingerprint density at radius 2 is 1.97 bits per heavy atom. The van der Waals surface area contributed by atoms with Crippen molar-refractivity contribution in [2.24, 2.45) is 0 Å². The highest BCUT2D eigenvalue weighted by Crippen LogP contribution is 2.35. The minimum atomic E-state index is -0.858. The van der Waals surface area contributed by atoms with Crippen molar-refractivity contribution in [3.8, 4) is 5.88 Å². The maximum Gasteiger partial charge on any atom is 0.328 e. The lowest BCUT2D eigenvalue weighted by molar-refractivity contribution is -0.142. The van der Waals surface area contributed by atoms with Crippen LogP contribution in [0, 0.1) is 6.92 Å². The molecule has 0 aliphatic heterocycles. The van der Waals surface area contributed by atoms with E-state index in [1.54, 1.807) is 7.11 Å². The third kappa shape index (κ3) is 4.39. The quantitative estimate of drug-likeness (QED) is 0.382. The summed E-state index contributed by atoms with van der Waals surface area (Å²) in [4.78, 5) is 38.8. The van der Waals surface area contributed by atoms with E-state index in [1.165, 1.54) is 25.6 Å². The molecule has 0 bridgehead atoms. The van der Waals surface area contributed by atoms with E-state index < -0.39 is 12.0 Å². The van der Waals surface area contributed by atoms with Crippen LogP contribution in [0.2, 0.25) is 0 Å². The number of aromatic amines is 1. The Morgan fingerprint density at radius 3 is 2.70 bits per heavy atom. The number of fused-ring (bicyclic) bond motifs is 2. The number of para-hydroxylation sites is 1. The average molecular weight is 469 g/mol. The Labute approximate surface area is 194 Å². The largest absolute Gasteiger partial charge is 0.480 e. The molecule has 3 aromatic heterocycles. The maximum atomic E-state index is 13.2. The van der Waals surface area contributed by atoms with Crippen LogP contribution in [0.25, 0.3) is 21.1 Å². The van der Waals surface area contributed by atoms with Crippen LogP contribution in [0.4, 0.5) is 0 Å². The molecule has 0 unspecified atom stereocenters. The van der Waals surface area contributed by atoms with Crippen molar-refractivity contribution < 1.29 is 23.8 Å². The number of carbonyl (C=O) groups excluding carboxylic acids is 2. The maximum absolute atomic E-state index is 13.2. The number of amides is 1. The van der Waals surface area contributed by atoms with Gasteiger partial charge in [-0.15, -0.1) is 11.3 Å². The number of nitrogens with zero attached hydrogens (tertiary/aromatic N) is 2. The van der Waals surface area contributed by atoms with Crippen LogP contribution in [-0.2, 0) is 27.3 Å². The van der Waals surface area contributed by atoms with Crippen LogP contribution < -0.4 is 10.1 Å². The number of methoxy groups -OCH3 is 3. The number of ether oxygens (including phenoxy) is 3. The summed E-state index contributed by atoms with van der Waals surface area (Å²) in [6, 6.07) is 6.93. The first-order valence-corrected chi connectivity index (χ1v) is 11.0. The van der Waals surface area contributed by atoms with E-state index in [-0.39, 0.29) is 18.9 Å². The number of carbonyl (C=O) groups is 2. The molecule has 9 nitrogen and oxygen atoms in total. The fourth-order valence-corrected chi connectivity index (χ4v) is 4.88. The van der Waals surface area contributed by atoms with Gasteiger partial charge in [-0.2, -0.15) is 4.98 Å². The van der Waals surface area contributed by atoms with Gasteiger partial charge in [0.1, 0.15) is 17.5 Å². The predicted molar refractivity (Wildman–Crippen MR) is 125 cm³/mol. The molecule has 0 fully saturated rings. The van der Waals surface area contributed by atoms with E-state index in [0.717, 1.165) is 16.5 Å². The lowest BCUT2D eigenvalue weighted by Crippen LogP contribution is -2.43. The second-order valence-corrected chi connectivity index (χ2v) is 8.43. The molecule has 1 amide bonds. The van der Waals surface area contributed by atoms with E-state index in [4.69, 9.17) is 14.2 Å². The molecule has 0 aliphatic carbocycles. The Bertz CT molecular complexity index is 1330. The number of thiophene rings is 1. The molecule has 0 saturated heterocycles. The second kappa shape index (κ2) is 9.55. The molecule has 4 aromatic rings. The molecule has 33 heavy (non-hydrogen) atoms. The minimum Gasteiger partial charge on any atom is -0.480 e. The normalized spacial score (nSPS) is 12.1. The molecule has 3 heterocycles. The third-order valence-electron chi connectivity index (χ3n) is 5.37. The molecule has 0 spiro atoms. The summed E-state index contributed by atoms with van der Waals surface area (Å²) in [6.45, 7) is 2.03. The highest BCUT2D eigenvalue weighted by atomic mass is 32.1. The van der Waals surface area contributed by atoms with Crippen LogP contribution in [0.15, 0.2) is 30.5 Å². The smallest absolute Gasteiger partial charge is 0.328 e. The minimum absolute atomic E-state index is 0.222. The van der Waals surface area contributed by atoms with Gasteiger partial charge in [0.05, 0.1) is 24.5 Å². The van der Waals surface area contributed by atoms with Crippen molar-refractivity contribution in [1.82, 2.24) is 20.3 Å². The van der Waals surface area contributed by atoms with Gasteiger partial charge in [-0.05, 0) is 24.1 Å². The third-order valence-corrected chi connectivity index (χ3v) is 6.55. The first kappa shape index (κ1) is 22.7. The molecule has 1 atom stereocenters. The van der Waals surface area contributed by atoms with Crippen molar-refractivity contribution in [1.29, 1.82) is 0 Å². The van der Waals surface area contributed by atoms with Crippen LogP contribution in [0.3, 0.4) is 0 Å². The predicted octanol–water partition coefficient (Wildman–Crippen LogP) is 3.15. The zero-order chi connectivity index (χ0) is 23.5. The van der Waals surface area contributed by atoms with Crippen molar-refractivity contribution in [3.05, 3.63) is 52.3 Å². The topological polar surface area (TPSA) is 115 Å². The number of aromatic nitrogens is 3. The first-order chi connectivity index (χ1) is 16.0. The number of hydrogen-bond donors (Lipinski definition) is 2. The molecule has 0 aliphatic rings. The second-order valence-electron chi connectivity index (χ2n) is 7.43. The highest BCUT2D eigenvalue weighted by Gasteiger charge is 2.27. The van der Waals surface area contributed by atoms with Crippen molar-refractivity contribution in [3.63, 3.8) is 0 Å². The zero-order valence-corrected chi connectivity index (χ0v) is 19.5. The monoisotopic (exact) mass is 468 g/mol. The van der Waals surface area contributed by atoms with Crippen LogP contribution in [0.1, 0.15) is 26.6 Å². The molecule has 0 radical (unpaired) electrons. The lowest BCUT2D eigenvalue weighted by atomic mass is 10.0. The Balaban J connectivity index is 1.65. The molecular formula is C23H24N4O5S. The van der Waals surface area contributed by atoms with Crippen molar-refractivity contribution >= 4 is 44.3 Å². The standard InChI is InChI=1S/C23H24N4O5S/c1-12-18-21(31-3)26-17(11-30-2)27-22(18)33-19(12)20(28)25-16(23(29)32-4)9-13-10-24-15-8-6-5-7-14(13)15/h5-8,10,16,24H,9,11H2,1-4H3,(H,25,28)/t16-/m1/s1. The number of benzene rings is 1. The molecule has 2 N–H and O–H groups in total. The summed E-state index contributed by atoms with van der Waals surface area (Å²) in [6.07, 6.45) is 2.13. The number of aryl methyl sites for hydroxylation is 1. The van der Waals surface area contributed by atoms with Gasteiger partial charge in [-0.3, -0.25) is 4.79 Å². The lowest BCUT2D eigenvalue weighted by Gasteiger charge is -2.16. The Kier molecular flexibility index (Phi) is 6.57. The number of esters is 1. The van der Waals surface area contributed by atoms with E-state index in [1.807, 2.05) is 37.4 Å². The fourth-order valence-electron chi connectivity index (χ4n) is 3.78. The van der Waals surface area contributed by atoms with Gasteiger partial charge in [0.25, 0.3) is 5.91 Å². The van der Waals surface area contributed by atoms with Crippen LogP contribution in [0.5, 0.6) is 5.88 Å². The molecule has 172 valence electrons. The number of H-pyrrole nitrogens is 1. The van der Waals surface area contributed by atoms with E-state index >= 15 is 0 Å². The fraction of sp³-hybridized carbons (Fsp3) is 0.304. The summed E-state index contributed by atoms with van der Waals surface area (Å²) in [5.41, 5.74) is 2.55. The molecule has 1 aromatic carbocycles. The van der Waals surface area contributed by atoms with Gasteiger partial charge in [0.15, 0.2) is 5.82 Å². The summed E-state index contributed by atoms with van der Waals surface area (Å²) in [5, 5.41) is 4.49. The summed E-state index contributed by atoms with van der Waals surface area (Å²) < 4.78 is 15.5. The van der Waals surface area contributed by atoms with Gasteiger partial charge >= 0.3 is 5.97 Å². The zero-order valence-electron chi connectivity index (χ0n) is 18.7. The van der Waals surface area contributed by atoms with Gasteiger partial charge in [-0.1, -0.05) is 18.2 Å². The van der Waals surface area contributed by atoms with Crippen molar-refractivity contribution in [2.75, 3.05) is 21.3 Å². The molecule has 10 heteroatoms. The SMILES string of the molecule is COCc1nc(OC)c2c(C)c(C(=O)N[C@H](Cc3c[nH]c4ccccc34)C(=O)OC)sc2n1. The van der Waals surface area contributed by atoms with E-state index in [9.17, 15) is 9.59 Å². The van der Waals surface area contributed by atoms with Gasteiger partial charge in [0, 0.05) is 30.6 Å². The number of hydrogen-bond acceptors (Lipinski definition) is 8. The highest BCUT2D eigenvalue weighted by molar-refractivity contribution is 7.20. The summed E-state index contributed by atoms with van der Waals surface area (Å²) in [5.74, 6) is -0.0711. The van der Waals surface area contributed by atoms with Gasteiger partial charge < -0.3 is 24.5 Å². The van der Waals surface area contributed by atoms with Gasteiger partial charge in [0.2, 0.25) is 5.88 Å². The van der Waals surface area contributed by atoms with Crippen LogP contribution in [-0.4, -0.2) is 54.2 Å². The first-order valence-electron chi connectivity index (χ1n) is 10.2. The Morgan fingerprint density at radius 1 is 1.18 bits per heavy atom. The molecule has 4 rings (SSSR count). The Hall–Kier alpha value is -3.50. The number of nitrogens with one attached hydrogen (secondary N) is 2. The van der Waals surface area contributed by atoms with Gasteiger partial charge in [-0.25, -0.2) is 9.78 Å². The molecule has 0 saturated carbocycles. The molecular weight excluding hydrogens is 444 g/mol. The van der Waals surface area contributed by atoms with Crippen molar-refractivity contribution in [2.45, 2.75) is 26.0 Å². The summed E-state index contributed by atoms with van der Waals surface area (Å²) >= 11 is 1.22.